The highest BCUT2D eigenvalue weighted by atomic mass is 32.2. The number of aryl methyl sites for hydroxylation is 1. The number of nitrogens with zero attached hydrogens (tertiary/aromatic N) is 1. The van der Waals surface area contributed by atoms with Gasteiger partial charge in [-0.3, -0.25) is 4.79 Å². The molecule has 25 heavy (non-hydrogen) atoms. The molecule has 0 aliphatic carbocycles. The summed E-state index contributed by atoms with van der Waals surface area (Å²) in [5.74, 6) is -0.0298. The van der Waals surface area contributed by atoms with Gasteiger partial charge in [0.2, 0.25) is 0 Å². The number of hydrogen-bond donors (Lipinski definition) is 1. The Morgan fingerprint density at radius 3 is 2.64 bits per heavy atom. The van der Waals surface area contributed by atoms with Crippen LogP contribution in [0, 0.1) is 6.92 Å². The zero-order valence-electron chi connectivity index (χ0n) is 14.6. The largest absolute Gasteiger partial charge is 0.352 e. The minimum absolute atomic E-state index is 0.0298. The second-order valence-electron chi connectivity index (χ2n) is 6.05. The first-order chi connectivity index (χ1) is 12.2. The summed E-state index contributed by atoms with van der Waals surface area (Å²) < 4.78 is 0. The van der Waals surface area contributed by atoms with Crippen molar-refractivity contribution in [1.82, 2.24) is 10.3 Å². The molecule has 2 aromatic carbocycles. The molecular weight excluding hydrogens is 328 g/mol. The maximum Gasteiger partial charge on any atom is 0.252 e. The van der Waals surface area contributed by atoms with Gasteiger partial charge < -0.3 is 5.32 Å². The number of unbranched alkanes of at least 4 members (excludes halogenated alkanes) is 1. The average molecular weight is 350 g/mol. The zero-order chi connectivity index (χ0) is 17.6. The molecule has 0 aliphatic rings. The number of fused-ring (bicyclic) bond motifs is 1. The highest BCUT2D eigenvalue weighted by Crippen LogP contribution is 2.30. The topological polar surface area (TPSA) is 42.0 Å². The molecule has 0 fully saturated rings. The lowest BCUT2D eigenvalue weighted by Gasteiger charge is -2.10. The number of aromatic nitrogens is 1. The zero-order valence-corrected chi connectivity index (χ0v) is 15.4. The van der Waals surface area contributed by atoms with Gasteiger partial charge in [0.15, 0.2) is 0 Å². The number of nitrogens with one attached hydrogen (secondary N) is 1. The van der Waals surface area contributed by atoms with Crippen LogP contribution in [0.2, 0.25) is 0 Å². The molecule has 0 spiro atoms. The summed E-state index contributed by atoms with van der Waals surface area (Å²) in [6, 6.07) is 18.0. The van der Waals surface area contributed by atoms with Gasteiger partial charge in [-0.15, -0.1) is 0 Å². The molecule has 4 heteroatoms. The van der Waals surface area contributed by atoms with Crippen LogP contribution in [0.1, 0.15) is 35.7 Å². The van der Waals surface area contributed by atoms with Crippen LogP contribution in [-0.2, 0) is 0 Å². The third kappa shape index (κ3) is 4.40. The SMILES string of the molecule is CCCCNC(=O)c1cc(Sc2ccc(C)cc2)nc2ccccc12. The molecule has 0 bridgehead atoms. The Hall–Kier alpha value is -2.33. The van der Waals surface area contributed by atoms with Crippen molar-refractivity contribution in [2.45, 2.75) is 36.6 Å². The molecule has 0 atom stereocenters. The number of carbonyl (C=O) groups excluding carboxylic acids is 1. The van der Waals surface area contributed by atoms with Gasteiger partial charge in [0.25, 0.3) is 5.91 Å². The molecule has 0 saturated heterocycles. The highest BCUT2D eigenvalue weighted by molar-refractivity contribution is 7.99. The molecule has 3 nitrogen and oxygen atoms in total. The minimum Gasteiger partial charge on any atom is -0.352 e. The molecular formula is C21H22N2OS. The first-order valence-electron chi connectivity index (χ1n) is 8.60. The van der Waals surface area contributed by atoms with Crippen LogP contribution in [0.3, 0.4) is 0 Å². The van der Waals surface area contributed by atoms with Crippen LogP contribution in [-0.4, -0.2) is 17.4 Å². The fraction of sp³-hybridized carbons (Fsp3) is 0.238. The normalized spacial score (nSPS) is 10.8. The summed E-state index contributed by atoms with van der Waals surface area (Å²) in [6.45, 7) is 4.89. The molecule has 3 aromatic rings. The van der Waals surface area contributed by atoms with Gasteiger partial charge >= 0.3 is 0 Å². The Bertz CT molecular complexity index is 875. The maximum atomic E-state index is 12.6. The predicted molar refractivity (Wildman–Crippen MR) is 104 cm³/mol. The number of benzene rings is 2. The molecule has 1 aromatic heterocycles. The fourth-order valence-corrected chi connectivity index (χ4v) is 3.43. The standard InChI is InChI=1S/C21H22N2OS/c1-3-4-13-22-21(24)18-14-20(23-19-8-6-5-7-17(18)19)25-16-11-9-15(2)10-12-16/h5-12,14H,3-4,13H2,1-2H3,(H,22,24). The molecule has 0 radical (unpaired) electrons. The van der Waals surface area contributed by atoms with Crippen molar-refractivity contribution in [1.29, 1.82) is 0 Å². The van der Waals surface area contributed by atoms with Crippen LogP contribution in [0.25, 0.3) is 10.9 Å². The van der Waals surface area contributed by atoms with Crippen molar-refractivity contribution in [2.24, 2.45) is 0 Å². The Balaban J connectivity index is 1.94. The number of amides is 1. The van der Waals surface area contributed by atoms with Crippen LogP contribution >= 0.6 is 11.8 Å². The third-order valence-corrected chi connectivity index (χ3v) is 4.92. The van der Waals surface area contributed by atoms with Crippen molar-refractivity contribution < 1.29 is 4.79 Å². The van der Waals surface area contributed by atoms with Gasteiger partial charge in [-0.1, -0.05) is 61.0 Å². The third-order valence-electron chi connectivity index (χ3n) is 4.00. The van der Waals surface area contributed by atoms with Gasteiger partial charge in [-0.2, -0.15) is 0 Å². The van der Waals surface area contributed by atoms with Crippen molar-refractivity contribution in [2.75, 3.05) is 6.54 Å². The Kier molecular flexibility index (Phi) is 5.71. The molecule has 3 rings (SSSR count). The molecule has 1 heterocycles. The fourth-order valence-electron chi connectivity index (χ4n) is 2.59. The number of pyridine rings is 1. The van der Waals surface area contributed by atoms with E-state index in [2.05, 4.69) is 43.4 Å². The second kappa shape index (κ2) is 8.17. The first kappa shape index (κ1) is 17.5. The summed E-state index contributed by atoms with van der Waals surface area (Å²) in [7, 11) is 0. The first-order valence-corrected chi connectivity index (χ1v) is 9.41. The highest BCUT2D eigenvalue weighted by Gasteiger charge is 2.13. The van der Waals surface area contributed by atoms with E-state index in [0.29, 0.717) is 12.1 Å². The summed E-state index contributed by atoms with van der Waals surface area (Å²) in [5, 5.41) is 4.74. The van der Waals surface area contributed by atoms with Crippen LogP contribution in [0.5, 0.6) is 0 Å². The average Bonchev–Trinajstić information content (AvgIpc) is 2.63. The van der Waals surface area contributed by atoms with E-state index >= 15 is 0 Å². The molecule has 128 valence electrons. The maximum absolute atomic E-state index is 12.6. The Morgan fingerprint density at radius 1 is 1.12 bits per heavy atom. The monoisotopic (exact) mass is 350 g/mol. The summed E-state index contributed by atoms with van der Waals surface area (Å²) in [5.41, 5.74) is 2.77. The quantitative estimate of drug-likeness (QED) is 0.619. The number of hydrogen-bond acceptors (Lipinski definition) is 3. The smallest absolute Gasteiger partial charge is 0.252 e. The van der Waals surface area contributed by atoms with Crippen LogP contribution in [0.4, 0.5) is 0 Å². The van der Waals surface area contributed by atoms with Crippen LogP contribution in [0.15, 0.2) is 64.5 Å². The van der Waals surface area contributed by atoms with Gasteiger partial charge in [0, 0.05) is 16.8 Å². The van der Waals surface area contributed by atoms with E-state index in [1.54, 1.807) is 11.8 Å². The summed E-state index contributed by atoms with van der Waals surface area (Å²) in [4.78, 5) is 18.5. The van der Waals surface area contributed by atoms with Crippen molar-refractivity contribution in [3.8, 4) is 0 Å². The lowest BCUT2D eigenvalue weighted by atomic mass is 10.1. The molecule has 0 saturated carbocycles. The summed E-state index contributed by atoms with van der Waals surface area (Å²) in [6.07, 6.45) is 2.05. The molecule has 0 unspecified atom stereocenters. The van der Waals surface area contributed by atoms with E-state index in [-0.39, 0.29) is 5.91 Å². The Labute approximate surface area is 152 Å². The van der Waals surface area contributed by atoms with Gasteiger partial charge in [-0.25, -0.2) is 4.98 Å². The number of carbonyl (C=O) groups is 1. The van der Waals surface area contributed by atoms with E-state index in [0.717, 1.165) is 33.7 Å². The van der Waals surface area contributed by atoms with Gasteiger partial charge in [-0.05, 0) is 37.6 Å². The second-order valence-corrected chi connectivity index (χ2v) is 7.14. The minimum atomic E-state index is -0.0298. The van der Waals surface area contributed by atoms with Gasteiger partial charge in [0.1, 0.15) is 5.03 Å². The summed E-state index contributed by atoms with van der Waals surface area (Å²) >= 11 is 1.58. The van der Waals surface area contributed by atoms with E-state index in [4.69, 9.17) is 4.98 Å². The van der Waals surface area contributed by atoms with E-state index in [1.165, 1.54) is 5.56 Å². The van der Waals surface area contributed by atoms with E-state index in [9.17, 15) is 4.79 Å². The lowest BCUT2D eigenvalue weighted by molar-refractivity contribution is 0.0954. The van der Waals surface area contributed by atoms with E-state index in [1.807, 2.05) is 30.3 Å². The molecule has 1 amide bonds. The lowest BCUT2D eigenvalue weighted by Crippen LogP contribution is -2.24. The van der Waals surface area contributed by atoms with Crippen molar-refractivity contribution in [3.05, 3.63) is 65.7 Å². The molecule has 0 aliphatic heterocycles. The predicted octanol–water partition coefficient (Wildman–Crippen LogP) is 5.22. The van der Waals surface area contributed by atoms with Crippen LogP contribution < -0.4 is 5.32 Å². The Morgan fingerprint density at radius 2 is 1.88 bits per heavy atom. The van der Waals surface area contributed by atoms with Crippen molar-refractivity contribution >= 4 is 28.6 Å². The van der Waals surface area contributed by atoms with Crippen molar-refractivity contribution in [3.63, 3.8) is 0 Å². The number of rotatable bonds is 6. The molecule has 1 N–H and O–H groups in total. The number of para-hydroxylation sites is 1. The van der Waals surface area contributed by atoms with Gasteiger partial charge in [0.05, 0.1) is 11.1 Å². The van der Waals surface area contributed by atoms with E-state index < -0.39 is 0 Å².